The van der Waals surface area contributed by atoms with Crippen molar-refractivity contribution in [2.45, 2.75) is 51.9 Å². The molecule has 0 nitrogen and oxygen atoms in total. The predicted octanol–water partition coefficient (Wildman–Crippen LogP) is 7.27. The molecule has 3 rings (SSSR count). The maximum atomic E-state index is 17.1. The van der Waals surface area contributed by atoms with E-state index in [1.54, 1.807) is 0 Å². The fourth-order valence-corrected chi connectivity index (χ4v) is 9.18. The van der Waals surface area contributed by atoms with E-state index < -0.39 is 128 Å². The van der Waals surface area contributed by atoms with Crippen LogP contribution in [-0.4, -0.2) is 16.7 Å². The molecule has 17 heteroatoms. The zero-order chi connectivity index (χ0) is 33.5. The van der Waals surface area contributed by atoms with Gasteiger partial charge in [-0.2, -0.15) is 0 Å². The van der Waals surface area contributed by atoms with Crippen LogP contribution in [0.1, 0.15) is 41.5 Å². The van der Waals surface area contributed by atoms with E-state index >= 15 is 21.9 Å². The molecule has 43 heavy (non-hydrogen) atoms. The van der Waals surface area contributed by atoms with Crippen molar-refractivity contribution < 1.29 is 65.8 Å². The molecule has 0 aliphatic carbocycles. The van der Waals surface area contributed by atoms with E-state index in [1.165, 1.54) is 41.5 Å². The summed E-state index contributed by atoms with van der Waals surface area (Å²) >= 11 is 0. The molecule has 0 heterocycles. The number of hydrogen-bond acceptors (Lipinski definition) is 0. The third-order valence-electron chi connectivity index (χ3n) is 6.52. The smallest absolute Gasteiger partial charge is 0.251 e. The Kier molecular flexibility index (Phi) is 8.79. The van der Waals surface area contributed by atoms with Crippen LogP contribution in [0.3, 0.4) is 0 Å². The van der Waals surface area contributed by atoms with E-state index in [4.69, 9.17) is 0 Å². The molecule has 0 atom stereocenters. The predicted molar refractivity (Wildman–Crippen MR) is 131 cm³/mol. The van der Waals surface area contributed by atoms with E-state index in [0.29, 0.717) is 0 Å². The van der Waals surface area contributed by atoms with Gasteiger partial charge in [-0.15, -0.1) is 0 Å². The maximum absolute atomic E-state index is 17.1. The first-order chi connectivity index (χ1) is 19.4. The van der Waals surface area contributed by atoms with Crippen LogP contribution >= 0.6 is 7.92 Å². The van der Waals surface area contributed by atoms with Gasteiger partial charge in [0.25, 0.3) is 6.42 Å². The first kappa shape index (κ1) is 34.6. The van der Waals surface area contributed by atoms with Crippen LogP contribution in [0.25, 0.3) is 0 Å². The number of rotatable bonds is 4. The Morgan fingerprint density at radius 1 is 0.349 bits per heavy atom. The van der Waals surface area contributed by atoms with Crippen molar-refractivity contribution in [3.05, 3.63) is 81.4 Å². The summed E-state index contributed by atoms with van der Waals surface area (Å²) in [7, 11) is -2.40. The molecule has 0 saturated carbocycles. The van der Waals surface area contributed by atoms with E-state index in [1.807, 2.05) is 0 Å². The zero-order valence-corrected chi connectivity index (χ0v) is 23.6. The van der Waals surface area contributed by atoms with E-state index in [-0.39, 0.29) is 0 Å². The molecule has 3 aromatic rings. The molecule has 3 aromatic carbocycles. The van der Waals surface area contributed by atoms with Gasteiger partial charge in [0.1, 0.15) is 34.9 Å². The lowest BCUT2D eigenvalue weighted by molar-refractivity contribution is 0.380. The van der Waals surface area contributed by atoms with Crippen LogP contribution < -0.4 is 21.7 Å². The molecule has 0 aliphatic rings. The second kappa shape index (κ2) is 10.9. The fraction of sp³-hybridized carbons (Fsp3) is 0.308. The van der Waals surface area contributed by atoms with Crippen molar-refractivity contribution in [2.24, 2.45) is 0 Å². The van der Waals surface area contributed by atoms with Crippen LogP contribution in [0.5, 0.6) is 0 Å². The van der Waals surface area contributed by atoms with Gasteiger partial charge >= 0.3 is 0 Å². The fourth-order valence-electron chi connectivity index (χ4n) is 5.23. The van der Waals surface area contributed by atoms with Crippen molar-refractivity contribution in [3.63, 3.8) is 0 Å². The molecule has 0 bridgehead atoms. The molecule has 0 aromatic heterocycles. The van der Waals surface area contributed by atoms with Crippen LogP contribution in [0.4, 0.5) is 65.8 Å². The van der Waals surface area contributed by atoms with Crippen LogP contribution in [0.15, 0.2) is 0 Å². The average Bonchev–Trinajstić information content (AvgIpc) is 2.88. The Balaban J connectivity index is 2.77. The normalized spacial score (nSPS) is 13.0. The minimum Gasteiger partial charge on any atom is -0.498 e. The van der Waals surface area contributed by atoms with Gasteiger partial charge < -0.3 is 4.32 Å². The van der Waals surface area contributed by atoms with Gasteiger partial charge in [0, 0.05) is 0 Å². The Morgan fingerprint density at radius 3 is 0.744 bits per heavy atom. The maximum Gasteiger partial charge on any atom is 0.251 e. The minimum absolute atomic E-state index is 1.21. The summed E-state index contributed by atoms with van der Waals surface area (Å²) in [4.78, 5) is 0. The van der Waals surface area contributed by atoms with E-state index in [9.17, 15) is 43.9 Å². The quantitative estimate of drug-likeness (QED) is 0.0911. The molecule has 0 unspecified atom stereocenters. The lowest BCUT2D eigenvalue weighted by Crippen LogP contribution is -2.70. The van der Waals surface area contributed by atoms with Crippen molar-refractivity contribution in [2.75, 3.05) is 0 Å². The summed E-state index contributed by atoms with van der Waals surface area (Å²) in [6, 6.07) is 0. The lowest BCUT2D eigenvalue weighted by Gasteiger charge is -2.43. The lowest BCUT2D eigenvalue weighted by atomic mass is 9.30. The molecule has 0 saturated heterocycles. The van der Waals surface area contributed by atoms with Crippen molar-refractivity contribution in [1.29, 1.82) is 0 Å². The molecule has 0 N–H and O–H groups in total. The summed E-state index contributed by atoms with van der Waals surface area (Å²) in [5, 5.41) is -3.82. The standard InChI is InChI=1S/C26H18BF15P/c1-25(2,3)43(26(4,5)6)24-22(40)14(32)9(15(33)23(24)41)27(42,7-10(28)16(34)20(38)17(35)11(7)29)8-12(30)18(36)21(39)19(37)13(8)31/h1-6H3/q-1. The van der Waals surface area contributed by atoms with Crippen LogP contribution in [-0.2, 0) is 0 Å². The van der Waals surface area contributed by atoms with Crippen molar-refractivity contribution in [3.8, 4) is 0 Å². The Hall–Kier alpha value is -2.90. The first-order valence-corrected chi connectivity index (χ1v) is 13.2. The van der Waals surface area contributed by atoms with Crippen molar-refractivity contribution >= 4 is 36.0 Å². The molecular weight excluding hydrogens is 639 g/mol. The van der Waals surface area contributed by atoms with E-state index in [0.717, 1.165) is 0 Å². The second-order valence-corrected chi connectivity index (χ2v) is 15.2. The van der Waals surface area contributed by atoms with Gasteiger partial charge in [0.2, 0.25) is 0 Å². The molecule has 236 valence electrons. The van der Waals surface area contributed by atoms with Gasteiger partial charge in [0.05, 0.1) is 5.30 Å². The SMILES string of the molecule is CC(C)(C)P(c1c(F)c(F)c([B-](F)(c2c(F)c(F)c(F)c(F)c2F)c2c(F)c(F)c(F)c(F)c2F)c(F)c1F)C(C)(C)C. The summed E-state index contributed by atoms with van der Waals surface area (Å²) in [5.41, 5.74) is -9.38. The average molecular weight is 657 g/mol. The Bertz CT molecular complexity index is 1490. The molecular formula is C26H18BF15P-. The molecule has 0 amide bonds. The largest absolute Gasteiger partial charge is 0.498 e. The number of halogens is 15. The van der Waals surface area contributed by atoms with E-state index in [2.05, 4.69) is 0 Å². The third kappa shape index (κ3) is 5.06. The van der Waals surface area contributed by atoms with Crippen LogP contribution in [0, 0.1) is 81.4 Å². The van der Waals surface area contributed by atoms with Gasteiger partial charge in [-0.05, 0) is 10.3 Å². The van der Waals surface area contributed by atoms with Gasteiger partial charge in [-0.25, -0.2) is 61.5 Å². The topological polar surface area (TPSA) is 0 Å². The van der Waals surface area contributed by atoms with Gasteiger partial charge in [0.15, 0.2) is 46.5 Å². The summed E-state index contributed by atoms with van der Waals surface area (Å²) in [6.45, 7) is 8.25. The number of benzene rings is 3. The molecule has 0 radical (unpaired) electrons. The highest BCUT2D eigenvalue weighted by molar-refractivity contribution is 7.68. The Labute approximate surface area is 235 Å². The molecule has 0 fully saturated rings. The zero-order valence-electron chi connectivity index (χ0n) is 22.7. The second-order valence-electron chi connectivity index (χ2n) is 11.4. The first-order valence-electron chi connectivity index (χ1n) is 11.9. The Morgan fingerprint density at radius 2 is 0.535 bits per heavy atom. The summed E-state index contributed by atoms with van der Waals surface area (Å²) in [5.74, 6) is -43.0. The van der Waals surface area contributed by atoms with Gasteiger partial charge in [-0.1, -0.05) is 65.9 Å². The van der Waals surface area contributed by atoms with Crippen molar-refractivity contribution in [1.82, 2.24) is 0 Å². The monoisotopic (exact) mass is 657 g/mol. The summed E-state index contributed by atoms with van der Waals surface area (Å²) in [6.07, 6.45) is -6.82. The van der Waals surface area contributed by atoms with Gasteiger partial charge in [-0.3, -0.25) is 0 Å². The van der Waals surface area contributed by atoms with Crippen LogP contribution in [0.2, 0.25) is 0 Å². The minimum atomic E-state index is -6.82. The number of hydrogen-bond donors (Lipinski definition) is 0. The highest BCUT2D eigenvalue weighted by Crippen LogP contribution is 2.59. The highest BCUT2D eigenvalue weighted by atomic mass is 31.1. The highest BCUT2D eigenvalue weighted by Gasteiger charge is 2.50. The molecule has 0 aliphatic heterocycles. The third-order valence-corrected chi connectivity index (χ3v) is 10.0. The summed E-state index contributed by atoms with van der Waals surface area (Å²) < 4.78 is 224. The molecule has 0 spiro atoms.